The zero-order valence-electron chi connectivity index (χ0n) is 11.0. The summed E-state index contributed by atoms with van der Waals surface area (Å²) < 4.78 is 0.718. The molecule has 0 saturated carbocycles. The highest BCUT2D eigenvalue weighted by Crippen LogP contribution is 2.13. The van der Waals surface area contributed by atoms with Crippen LogP contribution in [-0.4, -0.2) is 25.6 Å². The molecule has 0 aliphatic heterocycles. The minimum absolute atomic E-state index is 0.0801. The number of hydrogen-bond acceptors (Lipinski definition) is 4. The summed E-state index contributed by atoms with van der Waals surface area (Å²) in [6, 6.07) is 4.69. The molecule has 0 bridgehead atoms. The van der Waals surface area contributed by atoms with Gasteiger partial charge in [0.15, 0.2) is 0 Å². The number of H-pyrrole nitrogens is 1. The first-order valence-electron chi connectivity index (χ1n) is 5.97. The van der Waals surface area contributed by atoms with E-state index in [0.29, 0.717) is 0 Å². The standard InChI is InChI=1S/C13H13N3O4/c1-7(2)10-9(12(18)19)11(17)16(13(20)15-10)8-5-3-4-6-14-8/h3-7H,1-2H3,(H,15,20)(H,18,19). The molecule has 7 heteroatoms. The third-order valence-electron chi connectivity index (χ3n) is 2.80. The van der Waals surface area contributed by atoms with E-state index < -0.39 is 22.8 Å². The van der Waals surface area contributed by atoms with Crippen molar-refractivity contribution in [2.24, 2.45) is 0 Å². The van der Waals surface area contributed by atoms with Crippen molar-refractivity contribution in [2.45, 2.75) is 19.8 Å². The Hall–Kier alpha value is -2.70. The van der Waals surface area contributed by atoms with Gasteiger partial charge in [0.25, 0.3) is 5.56 Å². The molecule has 0 aromatic carbocycles. The molecule has 0 fully saturated rings. The van der Waals surface area contributed by atoms with E-state index >= 15 is 0 Å². The van der Waals surface area contributed by atoms with E-state index in [-0.39, 0.29) is 17.4 Å². The summed E-state index contributed by atoms with van der Waals surface area (Å²) in [5.74, 6) is -1.59. The van der Waals surface area contributed by atoms with Crippen molar-refractivity contribution in [2.75, 3.05) is 0 Å². The number of aromatic amines is 1. The molecule has 0 spiro atoms. The van der Waals surface area contributed by atoms with Crippen molar-refractivity contribution in [1.82, 2.24) is 14.5 Å². The molecule has 2 aromatic heterocycles. The number of nitrogens with one attached hydrogen (secondary N) is 1. The van der Waals surface area contributed by atoms with Crippen LogP contribution in [0.15, 0.2) is 34.0 Å². The van der Waals surface area contributed by atoms with Crippen molar-refractivity contribution in [3.8, 4) is 5.82 Å². The summed E-state index contributed by atoms with van der Waals surface area (Å²) >= 11 is 0. The van der Waals surface area contributed by atoms with Crippen LogP contribution in [0.25, 0.3) is 5.82 Å². The number of nitrogens with zero attached hydrogens (tertiary/aromatic N) is 2. The van der Waals surface area contributed by atoms with E-state index in [1.165, 1.54) is 12.3 Å². The van der Waals surface area contributed by atoms with Crippen LogP contribution in [0.1, 0.15) is 35.8 Å². The highest BCUT2D eigenvalue weighted by molar-refractivity contribution is 5.88. The van der Waals surface area contributed by atoms with E-state index in [4.69, 9.17) is 0 Å². The second kappa shape index (κ2) is 5.12. The van der Waals surface area contributed by atoms with Crippen LogP contribution in [0.4, 0.5) is 0 Å². The van der Waals surface area contributed by atoms with Crippen molar-refractivity contribution in [3.63, 3.8) is 0 Å². The van der Waals surface area contributed by atoms with Gasteiger partial charge in [-0.3, -0.25) is 4.79 Å². The average molecular weight is 275 g/mol. The zero-order chi connectivity index (χ0) is 14.9. The smallest absolute Gasteiger partial charge is 0.343 e. The number of hydrogen-bond donors (Lipinski definition) is 2. The molecule has 2 N–H and O–H groups in total. The third-order valence-corrected chi connectivity index (χ3v) is 2.80. The zero-order valence-corrected chi connectivity index (χ0v) is 11.0. The first-order chi connectivity index (χ1) is 9.43. The van der Waals surface area contributed by atoms with Crippen LogP contribution in [0.3, 0.4) is 0 Å². The minimum Gasteiger partial charge on any atom is -0.477 e. The summed E-state index contributed by atoms with van der Waals surface area (Å²) in [5.41, 5.74) is -1.92. The van der Waals surface area contributed by atoms with Crippen LogP contribution >= 0.6 is 0 Å². The largest absolute Gasteiger partial charge is 0.477 e. The Kier molecular flexibility index (Phi) is 3.51. The quantitative estimate of drug-likeness (QED) is 0.859. The molecule has 0 unspecified atom stereocenters. The average Bonchev–Trinajstić information content (AvgIpc) is 2.38. The van der Waals surface area contributed by atoms with E-state index in [2.05, 4.69) is 9.97 Å². The summed E-state index contributed by atoms with van der Waals surface area (Å²) in [4.78, 5) is 41.9. The topological polar surface area (TPSA) is 105 Å². The third kappa shape index (κ3) is 2.25. The van der Waals surface area contributed by atoms with Crippen molar-refractivity contribution >= 4 is 5.97 Å². The monoisotopic (exact) mass is 275 g/mol. The predicted molar refractivity (Wildman–Crippen MR) is 71.5 cm³/mol. The molecule has 0 atom stereocenters. The molecule has 0 aliphatic rings. The molecule has 0 saturated heterocycles. The lowest BCUT2D eigenvalue weighted by Crippen LogP contribution is -2.39. The van der Waals surface area contributed by atoms with Gasteiger partial charge in [-0.1, -0.05) is 19.9 Å². The van der Waals surface area contributed by atoms with Gasteiger partial charge in [-0.2, -0.15) is 0 Å². The number of carboxylic acids is 1. The second-order valence-electron chi connectivity index (χ2n) is 4.51. The molecule has 0 aliphatic carbocycles. The molecule has 2 aromatic rings. The Labute approximate surface area is 113 Å². The van der Waals surface area contributed by atoms with E-state index in [1.807, 2.05) is 0 Å². The van der Waals surface area contributed by atoms with Gasteiger partial charge >= 0.3 is 11.7 Å². The predicted octanol–water partition coefficient (Wildman–Crippen LogP) is 0.742. The van der Waals surface area contributed by atoms with Gasteiger partial charge in [-0.15, -0.1) is 0 Å². The molecule has 2 rings (SSSR count). The summed E-state index contributed by atoms with van der Waals surface area (Å²) in [5, 5.41) is 9.20. The number of aromatic nitrogens is 3. The molecule has 2 heterocycles. The maximum atomic E-state index is 12.3. The van der Waals surface area contributed by atoms with Crippen LogP contribution in [0, 0.1) is 0 Å². The van der Waals surface area contributed by atoms with Gasteiger partial charge in [0, 0.05) is 11.9 Å². The summed E-state index contributed by atoms with van der Waals surface area (Å²) in [6.45, 7) is 3.39. The fraction of sp³-hybridized carbons (Fsp3) is 0.231. The first kappa shape index (κ1) is 13.7. The molecular weight excluding hydrogens is 262 g/mol. The minimum atomic E-state index is -1.38. The number of aromatic carboxylic acids is 1. The Morgan fingerprint density at radius 2 is 2.05 bits per heavy atom. The van der Waals surface area contributed by atoms with Crippen molar-refractivity contribution in [3.05, 3.63) is 56.5 Å². The number of carboxylic acid groups (broad SMARTS) is 1. The molecule has 0 radical (unpaired) electrons. The fourth-order valence-electron chi connectivity index (χ4n) is 1.89. The van der Waals surface area contributed by atoms with Crippen LogP contribution in [0.2, 0.25) is 0 Å². The lowest BCUT2D eigenvalue weighted by atomic mass is 10.1. The summed E-state index contributed by atoms with van der Waals surface area (Å²) in [6.07, 6.45) is 1.41. The molecular formula is C13H13N3O4. The Morgan fingerprint density at radius 3 is 2.55 bits per heavy atom. The van der Waals surface area contributed by atoms with Gasteiger partial charge in [0.1, 0.15) is 11.4 Å². The Bertz CT molecular complexity index is 759. The van der Waals surface area contributed by atoms with Gasteiger partial charge in [0.2, 0.25) is 0 Å². The normalized spacial score (nSPS) is 10.8. The fourth-order valence-corrected chi connectivity index (χ4v) is 1.89. The van der Waals surface area contributed by atoms with E-state index in [9.17, 15) is 19.5 Å². The van der Waals surface area contributed by atoms with Gasteiger partial charge in [-0.05, 0) is 18.1 Å². The van der Waals surface area contributed by atoms with Gasteiger partial charge in [-0.25, -0.2) is 19.1 Å². The Balaban J connectivity index is 2.86. The van der Waals surface area contributed by atoms with E-state index in [0.717, 1.165) is 4.57 Å². The lowest BCUT2D eigenvalue weighted by molar-refractivity contribution is 0.0692. The van der Waals surface area contributed by atoms with Crippen LogP contribution in [-0.2, 0) is 0 Å². The number of rotatable bonds is 3. The maximum Gasteiger partial charge on any atom is 0.343 e. The highest BCUT2D eigenvalue weighted by atomic mass is 16.4. The van der Waals surface area contributed by atoms with Crippen LogP contribution < -0.4 is 11.2 Å². The second-order valence-corrected chi connectivity index (χ2v) is 4.51. The summed E-state index contributed by atoms with van der Waals surface area (Å²) in [7, 11) is 0. The van der Waals surface area contributed by atoms with Crippen molar-refractivity contribution < 1.29 is 9.90 Å². The van der Waals surface area contributed by atoms with Gasteiger partial charge < -0.3 is 10.1 Å². The maximum absolute atomic E-state index is 12.3. The molecule has 104 valence electrons. The van der Waals surface area contributed by atoms with Gasteiger partial charge in [0.05, 0.1) is 0 Å². The first-order valence-corrected chi connectivity index (χ1v) is 5.97. The van der Waals surface area contributed by atoms with E-state index in [1.54, 1.807) is 26.0 Å². The molecule has 0 amide bonds. The Morgan fingerprint density at radius 1 is 1.35 bits per heavy atom. The van der Waals surface area contributed by atoms with Crippen molar-refractivity contribution in [1.29, 1.82) is 0 Å². The molecule has 20 heavy (non-hydrogen) atoms. The number of pyridine rings is 1. The SMILES string of the molecule is CC(C)c1[nH]c(=O)n(-c2ccccn2)c(=O)c1C(=O)O. The highest BCUT2D eigenvalue weighted by Gasteiger charge is 2.22. The molecule has 7 nitrogen and oxygen atoms in total. The van der Waals surface area contributed by atoms with Crippen LogP contribution in [0.5, 0.6) is 0 Å². The lowest BCUT2D eigenvalue weighted by Gasteiger charge is -2.11. The number of carbonyl (C=O) groups is 1.